The number of hydrogen-bond donors (Lipinski definition) is 3. The molecule has 0 bridgehead atoms. The van der Waals surface area contributed by atoms with Gasteiger partial charge >= 0.3 is 5.91 Å². The van der Waals surface area contributed by atoms with Gasteiger partial charge in [-0.05, 0) is 29.3 Å². The lowest BCUT2D eigenvalue weighted by Crippen LogP contribution is -2.28. The van der Waals surface area contributed by atoms with Crippen LogP contribution < -0.4 is 16.1 Å². The molecule has 0 aliphatic heterocycles. The van der Waals surface area contributed by atoms with E-state index in [2.05, 4.69) is 15.5 Å². The van der Waals surface area contributed by atoms with Crippen LogP contribution >= 0.6 is 34.8 Å². The van der Waals surface area contributed by atoms with Crippen molar-refractivity contribution in [3.8, 4) is 5.75 Å². The van der Waals surface area contributed by atoms with Crippen molar-refractivity contribution in [3.63, 3.8) is 0 Å². The van der Waals surface area contributed by atoms with Gasteiger partial charge in [-0.2, -0.15) is 10.1 Å². The number of nitrogens with zero attached hydrogens (tertiary/aromatic N) is 1. The standard InChI is InChI=1S/C13H9Cl3N4O2/c14-8-10(17)9(15)12(16)19-11(8)13(22)20-18-5-6-2-1-3-7(21)4-6/h1-5,21H,(H2,17,19)(H,20,22)/p+1/b18-5-. The van der Waals surface area contributed by atoms with Gasteiger partial charge in [0.15, 0.2) is 0 Å². The van der Waals surface area contributed by atoms with Crippen LogP contribution in [0.15, 0.2) is 29.4 Å². The molecule has 0 aliphatic carbocycles. The molecule has 0 unspecified atom stereocenters. The fourth-order valence-corrected chi connectivity index (χ4v) is 2.17. The lowest BCUT2D eigenvalue weighted by atomic mass is 10.2. The number of hydrazone groups is 1. The van der Waals surface area contributed by atoms with Crippen LogP contribution in [0.1, 0.15) is 16.1 Å². The minimum absolute atomic E-state index is 0.00538. The van der Waals surface area contributed by atoms with Gasteiger partial charge in [-0.15, -0.1) is 0 Å². The maximum atomic E-state index is 12.0. The van der Waals surface area contributed by atoms with Crippen LogP contribution in [0, 0.1) is 0 Å². The third kappa shape index (κ3) is 3.59. The summed E-state index contributed by atoms with van der Waals surface area (Å²) in [7, 11) is 0. The number of benzene rings is 1. The van der Waals surface area contributed by atoms with E-state index in [1.807, 2.05) is 0 Å². The number of nitrogens with two attached hydrogens (primary N) is 1. The molecule has 1 aromatic heterocycles. The number of phenols is 1. The van der Waals surface area contributed by atoms with Crippen molar-refractivity contribution < 1.29 is 14.9 Å². The third-order valence-corrected chi connectivity index (χ3v) is 3.76. The number of carbonyl (C=O) groups excluding carboxylic acids is 1. The van der Waals surface area contributed by atoms with Crippen LogP contribution in [0.5, 0.6) is 5.75 Å². The number of aromatic amines is 1. The Morgan fingerprint density at radius 1 is 1.32 bits per heavy atom. The molecule has 0 saturated carbocycles. The quantitative estimate of drug-likeness (QED) is 0.445. The third-order valence-electron chi connectivity index (χ3n) is 2.60. The number of anilines is 1. The van der Waals surface area contributed by atoms with E-state index in [4.69, 9.17) is 40.5 Å². The second-order valence-electron chi connectivity index (χ2n) is 4.15. The summed E-state index contributed by atoms with van der Waals surface area (Å²) < 4.78 is 0. The van der Waals surface area contributed by atoms with Crippen molar-refractivity contribution in [2.75, 3.05) is 5.73 Å². The number of aromatic hydroxyl groups is 1. The van der Waals surface area contributed by atoms with Crippen molar-refractivity contribution in [1.82, 2.24) is 5.43 Å². The molecule has 9 heteroatoms. The summed E-state index contributed by atoms with van der Waals surface area (Å²) in [6.07, 6.45) is 1.35. The van der Waals surface area contributed by atoms with Crippen molar-refractivity contribution in [2.45, 2.75) is 0 Å². The molecule has 2 aromatic rings. The summed E-state index contributed by atoms with van der Waals surface area (Å²) >= 11 is 17.5. The molecule has 22 heavy (non-hydrogen) atoms. The fourth-order valence-electron chi connectivity index (χ4n) is 1.55. The number of amides is 1. The number of hydrogen-bond acceptors (Lipinski definition) is 4. The minimum Gasteiger partial charge on any atom is -0.508 e. The van der Waals surface area contributed by atoms with Gasteiger partial charge in [0.1, 0.15) is 15.8 Å². The fraction of sp³-hybridized carbons (Fsp3) is 0. The Kier molecular flexibility index (Phi) is 5.07. The van der Waals surface area contributed by atoms with Crippen LogP contribution in [-0.4, -0.2) is 17.2 Å². The van der Waals surface area contributed by atoms with E-state index < -0.39 is 5.91 Å². The molecule has 6 nitrogen and oxygen atoms in total. The lowest BCUT2D eigenvalue weighted by molar-refractivity contribution is -0.379. The molecule has 1 amide bonds. The number of pyridine rings is 1. The Morgan fingerprint density at radius 3 is 2.73 bits per heavy atom. The minimum atomic E-state index is -0.647. The van der Waals surface area contributed by atoms with E-state index in [0.717, 1.165) is 0 Å². The number of nitrogen functional groups attached to an aromatic ring is 1. The molecule has 5 N–H and O–H groups in total. The SMILES string of the molecule is Nc1c(Cl)c(Cl)[nH+]c(C(=O)N/N=C\c2cccc(O)c2)c1Cl. The molecule has 0 fully saturated rings. The van der Waals surface area contributed by atoms with Crippen LogP contribution in [0.4, 0.5) is 5.69 Å². The van der Waals surface area contributed by atoms with Crippen molar-refractivity contribution >= 4 is 52.6 Å². The second-order valence-corrected chi connectivity index (χ2v) is 5.28. The number of rotatable bonds is 3. The monoisotopic (exact) mass is 359 g/mol. The summed E-state index contributed by atoms with van der Waals surface area (Å²) in [6, 6.07) is 6.34. The smallest absolute Gasteiger partial charge is 0.337 e. The molecule has 0 radical (unpaired) electrons. The van der Waals surface area contributed by atoms with E-state index in [1.54, 1.807) is 12.1 Å². The molecule has 0 atom stereocenters. The highest BCUT2D eigenvalue weighted by Crippen LogP contribution is 2.31. The van der Waals surface area contributed by atoms with Gasteiger partial charge in [-0.25, -0.2) is 5.43 Å². The number of nitrogens with one attached hydrogen (secondary N) is 2. The largest absolute Gasteiger partial charge is 0.508 e. The van der Waals surface area contributed by atoms with Gasteiger partial charge in [0, 0.05) is 0 Å². The van der Waals surface area contributed by atoms with E-state index in [9.17, 15) is 9.90 Å². The zero-order valence-electron chi connectivity index (χ0n) is 10.9. The molecular formula is C13H10Cl3N4O2+. The van der Waals surface area contributed by atoms with Gasteiger partial charge in [0.05, 0.1) is 11.9 Å². The van der Waals surface area contributed by atoms with Gasteiger partial charge < -0.3 is 10.8 Å². The molecular weight excluding hydrogens is 351 g/mol. The molecule has 1 aromatic carbocycles. The van der Waals surface area contributed by atoms with Crippen molar-refractivity contribution in [1.29, 1.82) is 0 Å². The summed E-state index contributed by atoms with van der Waals surface area (Å²) in [5, 5.41) is 13.0. The maximum absolute atomic E-state index is 12.0. The lowest BCUT2D eigenvalue weighted by Gasteiger charge is -2.02. The average molecular weight is 361 g/mol. The zero-order chi connectivity index (χ0) is 16.3. The summed E-state index contributed by atoms with van der Waals surface area (Å²) in [5.41, 5.74) is 8.43. The highest BCUT2D eigenvalue weighted by atomic mass is 35.5. The van der Waals surface area contributed by atoms with Crippen LogP contribution in [0.25, 0.3) is 0 Å². The number of aromatic nitrogens is 1. The normalized spacial score (nSPS) is 10.9. The van der Waals surface area contributed by atoms with Crippen molar-refractivity contribution in [3.05, 3.63) is 50.7 Å². The Balaban J connectivity index is 2.17. The first-order valence-corrected chi connectivity index (χ1v) is 7.01. The number of carbonyl (C=O) groups is 1. The van der Waals surface area contributed by atoms with E-state index >= 15 is 0 Å². The van der Waals surface area contributed by atoms with Gasteiger partial charge in [-0.3, -0.25) is 4.79 Å². The number of halogens is 3. The Bertz CT molecular complexity index is 765. The predicted octanol–water partition coefficient (Wildman–Crippen LogP) is 2.51. The van der Waals surface area contributed by atoms with Crippen LogP contribution in [0.3, 0.4) is 0 Å². The first kappa shape index (κ1) is 16.4. The average Bonchev–Trinajstić information content (AvgIpc) is 2.48. The zero-order valence-corrected chi connectivity index (χ0v) is 13.2. The second kappa shape index (κ2) is 6.83. The molecule has 1 heterocycles. The molecule has 2 rings (SSSR count). The van der Waals surface area contributed by atoms with E-state index in [-0.39, 0.29) is 32.3 Å². The molecule has 0 saturated heterocycles. The highest BCUT2D eigenvalue weighted by molar-refractivity contribution is 6.45. The van der Waals surface area contributed by atoms with Crippen LogP contribution in [-0.2, 0) is 0 Å². The Morgan fingerprint density at radius 2 is 2.05 bits per heavy atom. The first-order chi connectivity index (χ1) is 10.4. The van der Waals surface area contributed by atoms with E-state index in [0.29, 0.717) is 5.56 Å². The molecule has 0 aliphatic rings. The summed E-state index contributed by atoms with van der Waals surface area (Å²) in [5.74, 6) is -0.560. The van der Waals surface area contributed by atoms with Gasteiger partial charge in [-0.1, -0.05) is 35.3 Å². The van der Waals surface area contributed by atoms with Crippen LogP contribution in [0.2, 0.25) is 15.2 Å². The summed E-state index contributed by atoms with van der Waals surface area (Å²) in [6.45, 7) is 0. The van der Waals surface area contributed by atoms with Crippen molar-refractivity contribution in [2.24, 2.45) is 5.10 Å². The Hall–Kier alpha value is -2.02. The highest BCUT2D eigenvalue weighted by Gasteiger charge is 2.25. The maximum Gasteiger partial charge on any atom is 0.337 e. The molecule has 0 spiro atoms. The number of phenolic OH excluding ortho intramolecular Hbond substituents is 1. The van der Waals surface area contributed by atoms with E-state index in [1.165, 1.54) is 18.3 Å². The van der Waals surface area contributed by atoms with Gasteiger partial charge in [0.2, 0.25) is 0 Å². The predicted molar refractivity (Wildman–Crippen MR) is 85.6 cm³/mol. The molecule has 114 valence electrons. The first-order valence-electron chi connectivity index (χ1n) is 5.88. The van der Waals surface area contributed by atoms with Gasteiger partial charge in [0.25, 0.3) is 10.8 Å². The Labute approximate surface area is 140 Å². The summed E-state index contributed by atoms with van der Waals surface area (Å²) in [4.78, 5) is 14.5. The topological polar surface area (TPSA) is 102 Å². The number of H-pyrrole nitrogens is 1.